The molecule has 2 amide bonds. The Morgan fingerprint density at radius 3 is 2.61 bits per heavy atom. The number of hydrogen-bond acceptors (Lipinski definition) is 7. The highest BCUT2D eigenvalue weighted by atomic mass is 35.5. The van der Waals surface area contributed by atoms with E-state index in [1.165, 1.54) is 17.1 Å². The smallest absolute Gasteiger partial charge is 0.343 e. The van der Waals surface area contributed by atoms with E-state index in [1.54, 1.807) is 18.9 Å². The highest BCUT2D eigenvalue weighted by Crippen LogP contribution is 2.35. The third-order valence-corrected chi connectivity index (χ3v) is 7.28. The van der Waals surface area contributed by atoms with Crippen LogP contribution in [0.1, 0.15) is 55.7 Å². The molecule has 0 bridgehead atoms. The summed E-state index contributed by atoms with van der Waals surface area (Å²) < 4.78 is 67.8. The highest BCUT2D eigenvalue weighted by Gasteiger charge is 2.39. The molecule has 1 saturated heterocycles. The second-order valence-electron chi connectivity index (χ2n) is 8.70. The Morgan fingerprint density at radius 2 is 1.95 bits per heavy atom. The SMILES string of the molecule is CC(NC(=O)c1cnn(C)c1CN1CCC(F)(F)C1)c1ncc(C(=O)Nc2cc(C(F)(F)F)c(Cl)cn2)s1. The molecule has 1 aliphatic heterocycles. The minimum Gasteiger partial charge on any atom is -0.343 e. The molecule has 0 aliphatic carbocycles. The number of rotatable bonds is 7. The summed E-state index contributed by atoms with van der Waals surface area (Å²) in [7, 11) is 1.61. The summed E-state index contributed by atoms with van der Waals surface area (Å²) in [5, 5.41) is 8.85. The van der Waals surface area contributed by atoms with Crippen molar-refractivity contribution in [2.24, 2.45) is 7.05 Å². The quantitative estimate of drug-likeness (QED) is 0.400. The van der Waals surface area contributed by atoms with Gasteiger partial charge in [-0.2, -0.15) is 18.3 Å². The van der Waals surface area contributed by atoms with E-state index in [-0.39, 0.29) is 35.8 Å². The molecule has 1 unspecified atom stereocenters. The fraction of sp³-hybridized carbons (Fsp3) is 0.409. The molecule has 4 rings (SSSR count). The number of thiazole rings is 1. The molecule has 1 fully saturated rings. The van der Waals surface area contributed by atoms with Crippen molar-refractivity contribution in [1.82, 2.24) is 30.0 Å². The number of hydrogen-bond donors (Lipinski definition) is 2. The molecule has 0 saturated carbocycles. The van der Waals surface area contributed by atoms with E-state index in [1.807, 2.05) is 0 Å². The number of alkyl halides is 5. The molecule has 0 radical (unpaired) electrons. The van der Waals surface area contributed by atoms with Gasteiger partial charge in [0.2, 0.25) is 0 Å². The van der Waals surface area contributed by atoms with E-state index in [0.29, 0.717) is 16.8 Å². The number of carbonyl (C=O) groups excluding carboxylic acids is 2. The standard InChI is InChI=1S/C22H21ClF5N7O2S/c1-11(32-18(36)12-6-31-34(2)15(12)9-35-4-3-21(24,25)10-35)20-30-8-16(38-20)19(37)33-17-5-13(22(26,27)28)14(23)7-29-17/h5-8,11H,3-4,9-10H2,1-2H3,(H,32,36)(H,29,33,37). The van der Waals surface area contributed by atoms with Crippen LogP contribution >= 0.6 is 22.9 Å². The number of likely N-dealkylation sites (tertiary alicyclic amines) is 1. The maximum atomic E-state index is 13.6. The van der Waals surface area contributed by atoms with Crippen LogP contribution in [0.15, 0.2) is 24.7 Å². The molecule has 0 aromatic carbocycles. The molecular weight excluding hydrogens is 557 g/mol. The topological polar surface area (TPSA) is 105 Å². The average Bonchev–Trinajstić information content (AvgIpc) is 3.54. The van der Waals surface area contributed by atoms with Gasteiger partial charge in [0, 0.05) is 32.8 Å². The number of aryl methyl sites for hydroxylation is 1. The van der Waals surface area contributed by atoms with Crippen LogP contribution in [0.3, 0.4) is 0 Å². The first-order chi connectivity index (χ1) is 17.7. The summed E-state index contributed by atoms with van der Waals surface area (Å²) in [6, 6.07) is -0.0246. The molecule has 9 nitrogen and oxygen atoms in total. The molecule has 2 N–H and O–H groups in total. The van der Waals surface area contributed by atoms with E-state index in [2.05, 4.69) is 25.7 Å². The predicted octanol–water partition coefficient (Wildman–Crippen LogP) is 4.53. The van der Waals surface area contributed by atoms with Gasteiger partial charge in [-0.3, -0.25) is 19.2 Å². The zero-order valence-electron chi connectivity index (χ0n) is 19.9. The van der Waals surface area contributed by atoms with Gasteiger partial charge in [0.25, 0.3) is 17.7 Å². The summed E-state index contributed by atoms with van der Waals surface area (Å²) in [6.45, 7) is 1.55. The maximum Gasteiger partial charge on any atom is 0.418 e. The molecule has 0 spiro atoms. The number of halogens is 6. The van der Waals surface area contributed by atoms with Gasteiger partial charge in [0.1, 0.15) is 15.7 Å². The molecule has 16 heteroatoms. The van der Waals surface area contributed by atoms with E-state index in [4.69, 9.17) is 11.6 Å². The molecule has 3 aromatic rings. The van der Waals surface area contributed by atoms with Gasteiger partial charge >= 0.3 is 6.18 Å². The molecule has 38 heavy (non-hydrogen) atoms. The summed E-state index contributed by atoms with van der Waals surface area (Å²) in [6.07, 6.45) is -1.61. The van der Waals surface area contributed by atoms with Crippen molar-refractivity contribution in [2.75, 3.05) is 18.4 Å². The van der Waals surface area contributed by atoms with E-state index < -0.39 is 47.1 Å². The van der Waals surface area contributed by atoms with Crippen molar-refractivity contribution in [3.05, 3.63) is 56.4 Å². The van der Waals surface area contributed by atoms with Crippen molar-refractivity contribution in [3.63, 3.8) is 0 Å². The summed E-state index contributed by atoms with van der Waals surface area (Å²) in [5.41, 5.74) is -0.447. The molecule has 1 atom stereocenters. The molecule has 204 valence electrons. The number of nitrogens with zero attached hydrogens (tertiary/aromatic N) is 5. The number of carbonyl (C=O) groups is 2. The third-order valence-electron chi connectivity index (χ3n) is 5.80. The Balaban J connectivity index is 1.41. The Bertz CT molecular complexity index is 1360. The van der Waals surface area contributed by atoms with Gasteiger partial charge in [-0.05, 0) is 13.0 Å². The fourth-order valence-electron chi connectivity index (χ4n) is 3.82. The maximum absolute atomic E-state index is 13.6. The zero-order chi connectivity index (χ0) is 27.8. The average molecular weight is 578 g/mol. The van der Waals surface area contributed by atoms with Gasteiger partial charge in [0.15, 0.2) is 0 Å². The molecule has 4 heterocycles. The van der Waals surface area contributed by atoms with Crippen molar-refractivity contribution < 1.29 is 31.5 Å². The minimum absolute atomic E-state index is 0.0726. The molecular formula is C22H21ClF5N7O2S. The largest absolute Gasteiger partial charge is 0.418 e. The van der Waals surface area contributed by atoms with E-state index >= 15 is 0 Å². The van der Waals surface area contributed by atoms with Crippen LogP contribution in [0.4, 0.5) is 27.8 Å². The first-order valence-electron chi connectivity index (χ1n) is 11.2. The number of anilines is 1. The number of amides is 2. The van der Waals surface area contributed by atoms with Gasteiger partial charge in [0.05, 0.1) is 46.8 Å². The monoisotopic (exact) mass is 577 g/mol. The van der Waals surface area contributed by atoms with Crippen LogP contribution in [0, 0.1) is 0 Å². The summed E-state index contributed by atoms with van der Waals surface area (Å²) >= 11 is 6.48. The number of pyridine rings is 1. The van der Waals surface area contributed by atoms with Gasteiger partial charge in [-0.25, -0.2) is 18.7 Å². The highest BCUT2D eigenvalue weighted by molar-refractivity contribution is 7.13. The van der Waals surface area contributed by atoms with Crippen molar-refractivity contribution in [3.8, 4) is 0 Å². The van der Waals surface area contributed by atoms with Crippen molar-refractivity contribution in [2.45, 2.75) is 38.0 Å². The summed E-state index contributed by atoms with van der Waals surface area (Å²) in [5.74, 6) is -4.36. The zero-order valence-corrected chi connectivity index (χ0v) is 21.5. The first kappa shape index (κ1) is 27.9. The van der Waals surface area contributed by atoms with Crippen LogP contribution in [0.2, 0.25) is 5.02 Å². The third kappa shape index (κ3) is 6.27. The minimum atomic E-state index is -4.72. The fourth-order valence-corrected chi connectivity index (χ4v) is 4.85. The lowest BCUT2D eigenvalue weighted by Gasteiger charge is -2.17. The lowest BCUT2D eigenvalue weighted by atomic mass is 10.2. The van der Waals surface area contributed by atoms with Gasteiger partial charge in [-0.1, -0.05) is 11.6 Å². The number of aromatic nitrogens is 4. The Labute approximate surface area is 222 Å². The van der Waals surface area contributed by atoms with Crippen LogP contribution in [-0.2, 0) is 19.8 Å². The van der Waals surface area contributed by atoms with Crippen molar-refractivity contribution >= 4 is 40.6 Å². The second kappa shape index (κ2) is 10.5. The van der Waals surface area contributed by atoms with Gasteiger partial charge in [-0.15, -0.1) is 11.3 Å². The van der Waals surface area contributed by atoms with E-state index in [9.17, 15) is 31.5 Å². The van der Waals surface area contributed by atoms with Crippen molar-refractivity contribution in [1.29, 1.82) is 0 Å². The Hall–Kier alpha value is -3.17. The molecule has 3 aromatic heterocycles. The predicted molar refractivity (Wildman–Crippen MR) is 128 cm³/mol. The first-order valence-corrected chi connectivity index (χ1v) is 12.3. The molecule has 1 aliphatic rings. The van der Waals surface area contributed by atoms with Gasteiger partial charge < -0.3 is 10.6 Å². The second-order valence-corrected chi connectivity index (χ2v) is 10.2. The van der Waals surface area contributed by atoms with E-state index in [0.717, 1.165) is 17.5 Å². The summed E-state index contributed by atoms with van der Waals surface area (Å²) in [4.78, 5) is 34.9. The van der Waals surface area contributed by atoms with Crippen LogP contribution in [0.25, 0.3) is 0 Å². The Kier molecular flexibility index (Phi) is 7.72. The lowest BCUT2D eigenvalue weighted by molar-refractivity contribution is -0.137. The van der Waals surface area contributed by atoms with Crippen LogP contribution in [-0.4, -0.2) is 55.5 Å². The lowest BCUT2D eigenvalue weighted by Crippen LogP contribution is -2.30. The normalized spacial score (nSPS) is 16.4. The number of nitrogens with one attached hydrogen (secondary N) is 2. The van der Waals surface area contributed by atoms with Crippen LogP contribution < -0.4 is 10.6 Å². The Morgan fingerprint density at radius 1 is 1.21 bits per heavy atom. The van der Waals surface area contributed by atoms with Crippen LogP contribution in [0.5, 0.6) is 0 Å².